The number of aliphatic hydroxyl groups excluding tert-OH is 1. The molecule has 3 aliphatic rings. The monoisotopic (exact) mass is 550 g/mol. The van der Waals surface area contributed by atoms with E-state index in [9.17, 15) is 5.11 Å². The highest BCUT2D eigenvalue weighted by Crippen LogP contribution is 2.49. The molecule has 5 heteroatoms. The number of methoxy groups -OCH3 is 1. The second kappa shape index (κ2) is 10.5. The lowest BCUT2D eigenvalue weighted by atomic mass is 9.71. The van der Waals surface area contributed by atoms with Crippen LogP contribution in [-0.4, -0.2) is 40.8 Å². The van der Waals surface area contributed by atoms with Crippen molar-refractivity contribution in [2.24, 2.45) is 11.8 Å². The molecule has 1 aromatic heterocycles. The molecule has 0 aliphatic carbocycles. The lowest BCUT2D eigenvalue weighted by Gasteiger charge is -2.58. The Balaban J connectivity index is 0.00000289. The van der Waals surface area contributed by atoms with Crippen molar-refractivity contribution in [2.45, 2.75) is 31.5 Å². The summed E-state index contributed by atoms with van der Waals surface area (Å²) in [7, 11) is 1.68. The van der Waals surface area contributed by atoms with Gasteiger partial charge in [0.05, 0.1) is 25.7 Å². The number of piperidine rings is 3. The maximum atomic E-state index is 12.2. The van der Waals surface area contributed by atoms with Gasteiger partial charge in [-0.15, -0.1) is 6.58 Å². The third-order valence-electron chi connectivity index (χ3n) is 9.70. The third kappa shape index (κ3) is 4.26. The molecule has 40 heavy (non-hydrogen) atoms. The van der Waals surface area contributed by atoms with Crippen molar-refractivity contribution < 1.29 is 26.7 Å². The Morgan fingerprint density at radius 2 is 1.73 bits per heavy atom. The Bertz CT molecular complexity index is 1660. The number of hydrogen-bond acceptors (Lipinski definition) is 3. The van der Waals surface area contributed by atoms with Gasteiger partial charge in [-0.2, -0.15) is 0 Å². The normalized spacial score (nSPS) is 24.6. The lowest BCUT2D eigenvalue weighted by molar-refractivity contribution is -0.984. The summed E-state index contributed by atoms with van der Waals surface area (Å²) < 4.78 is 6.41. The second-order valence-corrected chi connectivity index (χ2v) is 11.6. The summed E-state index contributed by atoms with van der Waals surface area (Å²) in [5.41, 5.74) is 3.23. The minimum atomic E-state index is -0.600. The van der Waals surface area contributed by atoms with Crippen LogP contribution in [-0.2, 0) is 6.54 Å². The molecule has 4 aromatic carbocycles. The van der Waals surface area contributed by atoms with Gasteiger partial charge < -0.3 is 26.7 Å². The molecule has 8 rings (SSSR count). The van der Waals surface area contributed by atoms with Crippen LogP contribution in [0.2, 0.25) is 0 Å². The van der Waals surface area contributed by atoms with Gasteiger partial charge in [-0.25, -0.2) is 0 Å². The Morgan fingerprint density at radius 3 is 2.42 bits per heavy atom. The van der Waals surface area contributed by atoms with Crippen LogP contribution in [0.5, 0.6) is 5.75 Å². The first-order chi connectivity index (χ1) is 19.1. The highest BCUT2D eigenvalue weighted by molar-refractivity contribution is 6.02. The molecular formula is C35H35ClN2O2. The minimum absolute atomic E-state index is 0. The van der Waals surface area contributed by atoms with Gasteiger partial charge in [0.2, 0.25) is 0 Å². The molecule has 0 amide bonds. The van der Waals surface area contributed by atoms with Crippen LogP contribution in [0.4, 0.5) is 0 Å². The Hall–Kier alpha value is -3.44. The molecule has 5 aromatic rings. The number of hydrogen-bond donors (Lipinski definition) is 1. The van der Waals surface area contributed by atoms with Gasteiger partial charge in [0.25, 0.3) is 0 Å². The summed E-state index contributed by atoms with van der Waals surface area (Å²) in [5, 5.41) is 18.4. The van der Waals surface area contributed by atoms with Crippen LogP contribution in [0.1, 0.15) is 30.1 Å². The van der Waals surface area contributed by atoms with Crippen LogP contribution in [0.25, 0.3) is 32.4 Å². The summed E-state index contributed by atoms with van der Waals surface area (Å²) in [6, 6.07) is 27.9. The summed E-state index contributed by atoms with van der Waals surface area (Å²) in [5.74, 6) is 1.82. The molecule has 3 aliphatic heterocycles. The van der Waals surface area contributed by atoms with Crippen molar-refractivity contribution in [3.8, 4) is 5.75 Å². The number of ether oxygens (including phenoxy) is 1. The first-order valence-electron chi connectivity index (χ1n) is 14.1. The van der Waals surface area contributed by atoms with Crippen LogP contribution in [0, 0.1) is 11.8 Å². The first kappa shape index (κ1) is 26.8. The van der Waals surface area contributed by atoms with Gasteiger partial charge in [-0.3, -0.25) is 4.98 Å². The van der Waals surface area contributed by atoms with Crippen LogP contribution in [0.3, 0.4) is 0 Å². The van der Waals surface area contributed by atoms with Crippen molar-refractivity contribution in [1.29, 1.82) is 0 Å². The average molecular weight is 551 g/mol. The predicted molar refractivity (Wildman–Crippen MR) is 159 cm³/mol. The van der Waals surface area contributed by atoms with E-state index in [1.165, 1.54) is 33.5 Å². The SMILES string of the molecule is C=CC1C[N+]2(Cc3c4ccccc4cc4ccccc34)CCC1C[C@H]2C(O)c1ccnc2ccc(OC)cc12.[Cl-]. The average Bonchev–Trinajstić information content (AvgIpc) is 3.00. The number of aliphatic hydroxyl groups is 1. The Morgan fingerprint density at radius 1 is 1.00 bits per heavy atom. The largest absolute Gasteiger partial charge is 1.00 e. The van der Waals surface area contributed by atoms with E-state index in [1.807, 2.05) is 30.5 Å². The fourth-order valence-corrected chi connectivity index (χ4v) is 7.71. The maximum absolute atomic E-state index is 12.2. The first-order valence-corrected chi connectivity index (χ1v) is 14.1. The number of nitrogens with zero attached hydrogens (tertiary/aromatic N) is 2. The molecule has 4 nitrogen and oxygen atoms in total. The van der Waals surface area contributed by atoms with E-state index >= 15 is 0 Å². The molecule has 4 unspecified atom stereocenters. The lowest BCUT2D eigenvalue weighted by Crippen LogP contribution is -3.00. The van der Waals surface area contributed by atoms with Gasteiger partial charge in [0.1, 0.15) is 24.4 Å². The molecular weight excluding hydrogens is 516 g/mol. The van der Waals surface area contributed by atoms with Crippen molar-refractivity contribution in [2.75, 3.05) is 20.2 Å². The molecule has 0 saturated carbocycles. The topological polar surface area (TPSA) is 42.4 Å². The van der Waals surface area contributed by atoms with Crippen LogP contribution in [0.15, 0.2) is 97.7 Å². The van der Waals surface area contributed by atoms with E-state index in [4.69, 9.17) is 4.74 Å². The second-order valence-electron chi connectivity index (χ2n) is 11.6. The molecule has 0 radical (unpaired) electrons. The predicted octanol–water partition coefficient (Wildman–Crippen LogP) is 4.20. The summed E-state index contributed by atoms with van der Waals surface area (Å²) in [4.78, 5) is 4.59. The van der Waals surface area contributed by atoms with E-state index in [1.54, 1.807) is 7.11 Å². The van der Waals surface area contributed by atoms with Crippen LogP contribution < -0.4 is 17.1 Å². The van der Waals surface area contributed by atoms with E-state index in [2.05, 4.69) is 72.2 Å². The fraction of sp³-hybridized carbons (Fsp3) is 0.286. The number of fused-ring (bicyclic) bond motifs is 6. The van der Waals surface area contributed by atoms with Gasteiger partial charge >= 0.3 is 0 Å². The van der Waals surface area contributed by atoms with Gasteiger partial charge in [0, 0.05) is 35.9 Å². The number of halogens is 1. The van der Waals surface area contributed by atoms with Crippen molar-refractivity contribution in [1.82, 2.24) is 4.98 Å². The van der Waals surface area contributed by atoms with E-state index in [0.717, 1.165) is 52.8 Å². The molecule has 3 saturated heterocycles. The van der Waals surface area contributed by atoms with Crippen molar-refractivity contribution in [3.05, 3.63) is 109 Å². The van der Waals surface area contributed by atoms with Crippen LogP contribution >= 0.6 is 0 Å². The zero-order chi connectivity index (χ0) is 26.6. The standard InChI is InChI=1S/C35H35N2O2.ClH/c1-3-23-21-37(22-32-28-10-6-4-8-25(28)18-26-9-5-7-11-29(26)32)17-15-24(23)19-34(37)35(38)30-14-16-36-33-13-12-27(39-2)20-31(30)33;/h3-14,16,18,20,23-24,34-35,38H,1,15,17,19,21-22H2,2H3;1H/q+1;/p-1/t23?,24?,34-,35?,37?;/m0./s1. The highest BCUT2D eigenvalue weighted by Gasteiger charge is 2.54. The molecule has 4 heterocycles. The number of aromatic nitrogens is 1. The third-order valence-corrected chi connectivity index (χ3v) is 9.70. The Kier molecular flexibility index (Phi) is 7.03. The molecule has 1 N–H and O–H groups in total. The summed E-state index contributed by atoms with van der Waals surface area (Å²) >= 11 is 0. The molecule has 2 bridgehead atoms. The van der Waals surface area contributed by atoms with Crippen molar-refractivity contribution in [3.63, 3.8) is 0 Å². The van der Waals surface area contributed by atoms with Gasteiger partial charge in [0.15, 0.2) is 0 Å². The molecule has 0 spiro atoms. The molecule has 204 valence electrons. The zero-order valence-corrected chi connectivity index (χ0v) is 23.6. The van der Waals surface area contributed by atoms with Gasteiger partial charge in [-0.1, -0.05) is 54.6 Å². The Labute approximate surface area is 241 Å². The number of quaternary nitrogens is 1. The van der Waals surface area contributed by atoms with Crippen molar-refractivity contribution >= 4 is 32.4 Å². The molecule has 5 atom stereocenters. The number of rotatable bonds is 6. The van der Waals surface area contributed by atoms with E-state index in [-0.39, 0.29) is 18.4 Å². The summed E-state index contributed by atoms with van der Waals surface area (Å²) in [6.07, 6.45) is 5.58. The zero-order valence-electron chi connectivity index (χ0n) is 22.8. The summed E-state index contributed by atoms with van der Waals surface area (Å²) in [6.45, 7) is 7.21. The number of benzene rings is 4. The van der Waals surface area contributed by atoms with Gasteiger partial charge in [-0.05, 0) is 63.4 Å². The number of pyridine rings is 1. The van der Waals surface area contributed by atoms with E-state index < -0.39 is 6.10 Å². The minimum Gasteiger partial charge on any atom is -1.00 e. The molecule has 3 fully saturated rings. The highest BCUT2D eigenvalue weighted by atomic mass is 35.5. The maximum Gasteiger partial charge on any atom is 0.131 e. The van der Waals surface area contributed by atoms with E-state index in [0.29, 0.717) is 11.8 Å². The fourth-order valence-electron chi connectivity index (χ4n) is 7.71. The smallest absolute Gasteiger partial charge is 0.131 e. The quantitative estimate of drug-likeness (QED) is 0.196.